The quantitative estimate of drug-likeness (QED) is 0.668. The second-order valence-electron chi connectivity index (χ2n) is 7.40. The first-order valence-corrected chi connectivity index (χ1v) is 9.97. The maximum atomic E-state index is 12.8. The van der Waals surface area contributed by atoms with Crippen molar-refractivity contribution in [1.29, 1.82) is 0 Å². The number of amides is 3. The molecule has 3 heterocycles. The van der Waals surface area contributed by atoms with Crippen molar-refractivity contribution in [1.82, 2.24) is 9.80 Å². The number of carbonyl (C=O) groups is 3. The van der Waals surface area contributed by atoms with Crippen LogP contribution in [0.2, 0.25) is 0 Å². The first-order valence-electron chi connectivity index (χ1n) is 9.97. The second-order valence-corrected chi connectivity index (χ2v) is 7.40. The lowest BCUT2D eigenvalue weighted by atomic mass is 10.1. The first kappa shape index (κ1) is 19.4. The Morgan fingerprint density at radius 1 is 1.03 bits per heavy atom. The van der Waals surface area contributed by atoms with Crippen LogP contribution in [0, 0.1) is 0 Å². The summed E-state index contributed by atoms with van der Waals surface area (Å²) in [7, 11) is 0. The topological polar surface area (TPSA) is 94.6 Å². The van der Waals surface area contributed by atoms with Crippen molar-refractivity contribution in [2.24, 2.45) is 0 Å². The number of ether oxygens (including phenoxy) is 4. The van der Waals surface area contributed by atoms with Gasteiger partial charge in [0.1, 0.15) is 25.0 Å². The summed E-state index contributed by atoms with van der Waals surface area (Å²) in [5.74, 6) is 0.731. The summed E-state index contributed by atoms with van der Waals surface area (Å²) in [5, 5.41) is 0. The monoisotopic (exact) mass is 424 g/mol. The van der Waals surface area contributed by atoms with E-state index in [4.69, 9.17) is 18.9 Å². The predicted octanol–water partition coefficient (Wildman–Crippen LogP) is 1.32. The Balaban J connectivity index is 1.17. The fraction of sp³-hybridized carbons (Fsp3) is 0.318. The molecule has 160 valence electrons. The zero-order valence-corrected chi connectivity index (χ0v) is 16.6. The number of imide groups is 1. The minimum atomic E-state index is -0.440. The van der Waals surface area contributed by atoms with E-state index in [0.29, 0.717) is 48.1 Å². The van der Waals surface area contributed by atoms with Gasteiger partial charge in [-0.05, 0) is 24.3 Å². The fourth-order valence-electron chi connectivity index (χ4n) is 3.82. The Kier molecular flexibility index (Phi) is 4.95. The van der Waals surface area contributed by atoms with Gasteiger partial charge < -0.3 is 23.8 Å². The summed E-state index contributed by atoms with van der Waals surface area (Å²) in [4.78, 5) is 40.4. The van der Waals surface area contributed by atoms with Crippen LogP contribution < -0.4 is 14.2 Å². The van der Waals surface area contributed by atoms with Crippen LogP contribution in [0.5, 0.6) is 17.2 Å². The highest BCUT2D eigenvalue weighted by molar-refractivity contribution is 6.22. The lowest BCUT2D eigenvalue weighted by Gasteiger charge is -2.33. The standard InChI is InChI=1S/C22H20N2O7/c25-20(11-24-21(26)16-3-1-2-4-17(16)22(24)27)23-7-8-28-15(10-23)12-29-14-5-6-18-19(9-14)31-13-30-18/h1-6,9,15H,7-8,10-13H2. The third kappa shape index (κ3) is 3.68. The smallest absolute Gasteiger partial charge is 0.262 e. The summed E-state index contributed by atoms with van der Waals surface area (Å²) >= 11 is 0. The number of morpholine rings is 1. The van der Waals surface area contributed by atoms with E-state index in [0.717, 1.165) is 4.90 Å². The van der Waals surface area contributed by atoms with Gasteiger partial charge in [0.2, 0.25) is 12.7 Å². The minimum absolute atomic E-state index is 0.189. The van der Waals surface area contributed by atoms with E-state index >= 15 is 0 Å². The molecule has 1 saturated heterocycles. The van der Waals surface area contributed by atoms with E-state index in [1.165, 1.54) is 0 Å². The van der Waals surface area contributed by atoms with Crippen molar-refractivity contribution >= 4 is 17.7 Å². The van der Waals surface area contributed by atoms with Gasteiger partial charge in [0.15, 0.2) is 11.5 Å². The molecule has 5 rings (SSSR count). The van der Waals surface area contributed by atoms with Crippen LogP contribution in [0.4, 0.5) is 0 Å². The van der Waals surface area contributed by atoms with Crippen molar-refractivity contribution in [3.8, 4) is 17.2 Å². The van der Waals surface area contributed by atoms with Crippen LogP contribution in [0.3, 0.4) is 0 Å². The Morgan fingerprint density at radius 2 is 1.77 bits per heavy atom. The molecule has 0 aliphatic carbocycles. The van der Waals surface area contributed by atoms with Crippen molar-refractivity contribution in [3.63, 3.8) is 0 Å². The van der Waals surface area contributed by atoms with Gasteiger partial charge in [0.25, 0.3) is 11.8 Å². The summed E-state index contributed by atoms with van der Waals surface area (Å²) in [6.07, 6.45) is -0.328. The van der Waals surface area contributed by atoms with Crippen molar-refractivity contribution in [2.45, 2.75) is 6.10 Å². The third-order valence-electron chi connectivity index (χ3n) is 5.44. The summed E-state index contributed by atoms with van der Waals surface area (Å²) in [5.41, 5.74) is 0.662. The molecule has 1 fully saturated rings. The third-order valence-corrected chi connectivity index (χ3v) is 5.44. The van der Waals surface area contributed by atoms with Gasteiger partial charge in [-0.15, -0.1) is 0 Å². The zero-order chi connectivity index (χ0) is 21.4. The lowest BCUT2D eigenvalue weighted by Crippen LogP contribution is -2.51. The molecular formula is C22H20N2O7. The highest BCUT2D eigenvalue weighted by Crippen LogP contribution is 2.35. The molecule has 0 aromatic heterocycles. The zero-order valence-electron chi connectivity index (χ0n) is 16.6. The molecule has 3 aliphatic heterocycles. The Hall–Kier alpha value is -3.59. The molecule has 9 nitrogen and oxygen atoms in total. The summed E-state index contributed by atoms with van der Waals surface area (Å²) in [6, 6.07) is 11.9. The molecule has 2 aromatic carbocycles. The van der Waals surface area contributed by atoms with Crippen molar-refractivity contribution in [3.05, 3.63) is 53.6 Å². The molecule has 1 unspecified atom stereocenters. The van der Waals surface area contributed by atoms with Crippen LogP contribution in [-0.4, -0.2) is 73.3 Å². The normalized spacial score (nSPS) is 19.5. The maximum Gasteiger partial charge on any atom is 0.262 e. The van der Waals surface area contributed by atoms with E-state index < -0.39 is 11.8 Å². The van der Waals surface area contributed by atoms with Gasteiger partial charge >= 0.3 is 0 Å². The Morgan fingerprint density at radius 3 is 2.55 bits per heavy atom. The van der Waals surface area contributed by atoms with Crippen LogP contribution in [-0.2, 0) is 9.53 Å². The molecule has 1 atom stereocenters. The number of benzene rings is 2. The fourth-order valence-corrected chi connectivity index (χ4v) is 3.82. The largest absolute Gasteiger partial charge is 0.491 e. The highest BCUT2D eigenvalue weighted by atomic mass is 16.7. The number of nitrogens with zero attached hydrogens (tertiary/aromatic N) is 2. The molecule has 9 heteroatoms. The van der Waals surface area contributed by atoms with E-state index in [-0.39, 0.29) is 32.0 Å². The lowest BCUT2D eigenvalue weighted by molar-refractivity contribution is -0.140. The summed E-state index contributed by atoms with van der Waals surface area (Å²) in [6.45, 7) is 1.20. The molecule has 0 radical (unpaired) electrons. The number of hydrogen-bond donors (Lipinski definition) is 0. The van der Waals surface area contributed by atoms with Crippen LogP contribution in [0.1, 0.15) is 20.7 Å². The second kappa shape index (κ2) is 7.92. The molecule has 0 saturated carbocycles. The number of fused-ring (bicyclic) bond motifs is 2. The van der Waals surface area contributed by atoms with Gasteiger partial charge in [-0.3, -0.25) is 19.3 Å². The van der Waals surface area contributed by atoms with Crippen molar-refractivity contribution < 1.29 is 33.3 Å². The van der Waals surface area contributed by atoms with Crippen LogP contribution in [0.25, 0.3) is 0 Å². The molecule has 3 amide bonds. The molecule has 2 aromatic rings. The Bertz CT molecular complexity index is 1020. The van der Waals surface area contributed by atoms with E-state index in [9.17, 15) is 14.4 Å². The van der Waals surface area contributed by atoms with Gasteiger partial charge in [-0.1, -0.05) is 12.1 Å². The summed E-state index contributed by atoms with van der Waals surface area (Å²) < 4.78 is 22.1. The van der Waals surface area contributed by atoms with Gasteiger partial charge in [0.05, 0.1) is 24.3 Å². The van der Waals surface area contributed by atoms with E-state index in [2.05, 4.69) is 0 Å². The van der Waals surface area contributed by atoms with E-state index in [1.54, 1.807) is 47.4 Å². The van der Waals surface area contributed by atoms with Gasteiger partial charge in [0, 0.05) is 12.6 Å². The number of hydrogen-bond acceptors (Lipinski definition) is 7. The molecule has 0 bridgehead atoms. The minimum Gasteiger partial charge on any atom is -0.491 e. The molecular weight excluding hydrogens is 404 g/mol. The molecule has 0 N–H and O–H groups in total. The van der Waals surface area contributed by atoms with E-state index in [1.807, 2.05) is 0 Å². The van der Waals surface area contributed by atoms with Crippen LogP contribution >= 0.6 is 0 Å². The molecule has 3 aliphatic rings. The van der Waals surface area contributed by atoms with Crippen LogP contribution in [0.15, 0.2) is 42.5 Å². The number of rotatable bonds is 5. The number of carbonyl (C=O) groups excluding carboxylic acids is 3. The van der Waals surface area contributed by atoms with Gasteiger partial charge in [-0.25, -0.2) is 0 Å². The molecule has 0 spiro atoms. The molecule has 31 heavy (non-hydrogen) atoms. The highest BCUT2D eigenvalue weighted by Gasteiger charge is 2.37. The van der Waals surface area contributed by atoms with Crippen molar-refractivity contribution in [2.75, 3.05) is 39.6 Å². The SMILES string of the molecule is O=C(CN1C(=O)c2ccccc2C1=O)N1CCOC(COc2ccc3c(c2)OCO3)C1. The Labute approximate surface area is 178 Å². The predicted molar refractivity (Wildman–Crippen MR) is 106 cm³/mol. The average Bonchev–Trinajstić information content (AvgIpc) is 3.36. The maximum absolute atomic E-state index is 12.8. The average molecular weight is 424 g/mol. The van der Waals surface area contributed by atoms with Gasteiger partial charge in [-0.2, -0.15) is 0 Å². The first-order chi connectivity index (χ1) is 15.1.